The molecule has 3 unspecified atom stereocenters. The van der Waals surface area contributed by atoms with Gasteiger partial charge in [0.1, 0.15) is 0 Å². The lowest BCUT2D eigenvalue weighted by atomic mass is 9.77. The van der Waals surface area contributed by atoms with Crippen molar-refractivity contribution in [2.45, 2.75) is 57.5 Å². The molecule has 3 atom stereocenters. The molecule has 19 heavy (non-hydrogen) atoms. The normalized spacial score (nSPS) is 39.2. The van der Waals surface area contributed by atoms with Gasteiger partial charge < -0.3 is 16.2 Å². The molecule has 0 radical (unpaired) electrons. The maximum absolute atomic E-state index is 9.57. The topological polar surface area (TPSA) is 58.3 Å². The van der Waals surface area contributed by atoms with Crippen LogP contribution in [0.2, 0.25) is 0 Å². The Balaban J connectivity index is 2.04. The fraction of sp³-hybridized carbons (Fsp3) is 1.00. The van der Waals surface area contributed by atoms with Crippen molar-refractivity contribution in [2.24, 2.45) is 17.1 Å². The molecular formula is C15H30N2OS. The summed E-state index contributed by atoms with van der Waals surface area (Å²) in [5.74, 6) is 2.76. The molecule has 2 aliphatic rings. The van der Waals surface area contributed by atoms with Crippen LogP contribution in [0.4, 0.5) is 0 Å². The van der Waals surface area contributed by atoms with Crippen molar-refractivity contribution in [1.29, 1.82) is 0 Å². The molecule has 0 aromatic carbocycles. The lowest BCUT2D eigenvalue weighted by Crippen LogP contribution is -2.62. The van der Waals surface area contributed by atoms with Crippen LogP contribution in [0.25, 0.3) is 0 Å². The molecule has 1 aliphatic carbocycles. The van der Waals surface area contributed by atoms with Crippen molar-refractivity contribution in [3.05, 3.63) is 0 Å². The van der Waals surface area contributed by atoms with Gasteiger partial charge in [-0.05, 0) is 36.3 Å². The number of aliphatic hydroxyl groups is 1. The zero-order valence-corrected chi connectivity index (χ0v) is 13.3. The number of aliphatic hydroxyl groups excluding tert-OH is 1. The highest BCUT2D eigenvalue weighted by Gasteiger charge is 2.42. The largest absolute Gasteiger partial charge is 0.396 e. The standard InChI is InChI=1S/C15H30N2OS/c1-14(2)8-15(9-16,11-19-10-14)17-13-6-4-3-5-12(13)7-18/h12-13,17-18H,3-11,16H2,1-2H3. The Bertz CT molecular complexity index is 298. The third kappa shape index (κ3) is 3.87. The van der Waals surface area contributed by atoms with E-state index in [1.54, 1.807) is 0 Å². The molecule has 1 saturated heterocycles. The number of rotatable bonds is 4. The Kier molecular flexibility index (Phi) is 5.21. The predicted molar refractivity (Wildman–Crippen MR) is 83.5 cm³/mol. The minimum atomic E-state index is 0.0713. The molecule has 1 heterocycles. The second-order valence-corrected chi connectivity index (χ2v) is 8.28. The fourth-order valence-electron chi connectivity index (χ4n) is 3.83. The molecule has 0 spiro atoms. The first-order valence-electron chi connectivity index (χ1n) is 7.67. The zero-order valence-electron chi connectivity index (χ0n) is 12.5. The van der Waals surface area contributed by atoms with E-state index in [-0.39, 0.29) is 5.54 Å². The summed E-state index contributed by atoms with van der Waals surface area (Å²) in [5.41, 5.74) is 6.56. The van der Waals surface area contributed by atoms with E-state index in [4.69, 9.17) is 5.73 Å². The molecule has 0 bridgehead atoms. The Morgan fingerprint density at radius 1 is 1.26 bits per heavy atom. The van der Waals surface area contributed by atoms with E-state index in [1.807, 2.05) is 11.8 Å². The highest BCUT2D eigenvalue weighted by Crippen LogP contribution is 2.40. The monoisotopic (exact) mass is 286 g/mol. The maximum Gasteiger partial charge on any atom is 0.0474 e. The number of hydrogen-bond acceptors (Lipinski definition) is 4. The van der Waals surface area contributed by atoms with E-state index in [1.165, 1.54) is 25.0 Å². The average molecular weight is 286 g/mol. The molecule has 3 nitrogen and oxygen atoms in total. The number of hydrogen-bond donors (Lipinski definition) is 3. The van der Waals surface area contributed by atoms with Crippen LogP contribution in [0, 0.1) is 11.3 Å². The Morgan fingerprint density at radius 2 is 2.00 bits per heavy atom. The molecule has 1 saturated carbocycles. The van der Waals surface area contributed by atoms with Crippen molar-refractivity contribution >= 4 is 11.8 Å². The zero-order chi connectivity index (χ0) is 13.9. The molecule has 0 aromatic heterocycles. The Labute approximate surface area is 122 Å². The van der Waals surface area contributed by atoms with Crippen LogP contribution in [-0.2, 0) is 0 Å². The van der Waals surface area contributed by atoms with Gasteiger partial charge in [-0.2, -0.15) is 11.8 Å². The Morgan fingerprint density at radius 3 is 2.63 bits per heavy atom. The van der Waals surface area contributed by atoms with E-state index in [2.05, 4.69) is 19.2 Å². The molecule has 4 N–H and O–H groups in total. The van der Waals surface area contributed by atoms with Gasteiger partial charge in [0.25, 0.3) is 0 Å². The lowest BCUT2D eigenvalue weighted by Gasteiger charge is -2.48. The third-order valence-corrected chi connectivity index (χ3v) is 6.46. The first kappa shape index (κ1) is 15.6. The lowest BCUT2D eigenvalue weighted by molar-refractivity contribution is 0.117. The minimum absolute atomic E-state index is 0.0713. The van der Waals surface area contributed by atoms with Gasteiger partial charge in [0.05, 0.1) is 0 Å². The minimum Gasteiger partial charge on any atom is -0.396 e. The highest BCUT2D eigenvalue weighted by molar-refractivity contribution is 7.99. The predicted octanol–water partition coefficient (Wildman–Crippen LogP) is 1.99. The summed E-state index contributed by atoms with van der Waals surface area (Å²) in [4.78, 5) is 0. The quantitative estimate of drug-likeness (QED) is 0.740. The van der Waals surface area contributed by atoms with Gasteiger partial charge in [-0.3, -0.25) is 0 Å². The number of nitrogens with one attached hydrogen (secondary N) is 1. The van der Waals surface area contributed by atoms with Crippen LogP contribution in [0.15, 0.2) is 0 Å². The van der Waals surface area contributed by atoms with E-state index < -0.39 is 0 Å². The van der Waals surface area contributed by atoms with Gasteiger partial charge in [-0.1, -0.05) is 26.7 Å². The van der Waals surface area contributed by atoms with E-state index in [0.29, 0.717) is 30.5 Å². The van der Waals surface area contributed by atoms with Crippen LogP contribution in [0.1, 0.15) is 46.0 Å². The summed E-state index contributed by atoms with van der Waals surface area (Å²) >= 11 is 2.03. The van der Waals surface area contributed by atoms with E-state index in [9.17, 15) is 5.11 Å². The molecule has 2 fully saturated rings. The Hall–Kier alpha value is 0.230. The van der Waals surface area contributed by atoms with Crippen LogP contribution in [0.3, 0.4) is 0 Å². The molecule has 4 heteroatoms. The van der Waals surface area contributed by atoms with Crippen molar-refractivity contribution in [3.8, 4) is 0 Å². The first-order chi connectivity index (χ1) is 9.00. The van der Waals surface area contributed by atoms with Crippen LogP contribution in [0.5, 0.6) is 0 Å². The van der Waals surface area contributed by atoms with Gasteiger partial charge in [0, 0.05) is 30.5 Å². The van der Waals surface area contributed by atoms with Gasteiger partial charge in [-0.15, -0.1) is 0 Å². The van der Waals surface area contributed by atoms with Gasteiger partial charge in [0.15, 0.2) is 0 Å². The van der Waals surface area contributed by atoms with Gasteiger partial charge in [-0.25, -0.2) is 0 Å². The summed E-state index contributed by atoms with van der Waals surface area (Å²) in [6.07, 6.45) is 6.05. The van der Waals surface area contributed by atoms with Crippen molar-refractivity contribution in [3.63, 3.8) is 0 Å². The second kappa shape index (κ2) is 6.33. The number of nitrogens with two attached hydrogens (primary N) is 1. The van der Waals surface area contributed by atoms with Crippen LogP contribution in [-0.4, -0.2) is 41.3 Å². The van der Waals surface area contributed by atoms with Gasteiger partial charge >= 0.3 is 0 Å². The molecule has 0 amide bonds. The third-order valence-electron chi connectivity index (χ3n) is 4.71. The smallest absolute Gasteiger partial charge is 0.0474 e. The maximum atomic E-state index is 9.57. The van der Waals surface area contributed by atoms with E-state index >= 15 is 0 Å². The summed E-state index contributed by atoms with van der Waals surface area (Å²) < 4.78 is 0. The van der Waals surface area contributed by atoms with Crippen LogP contribution >= 0.6 is 11.8 Å². The summed E-state index contributed by atoms with van der Waals surface area (Å²) in [6, 6.07) is 0.455. The summed E-state index contributed by atoms with van der Waals surface area (Å²) in [7, 11) is 0. The van der Waals surface area contributed by atoms with Crippen molar-refractivity contribution < 1.29 is 5.11 Å². The molecule has 112 valence electrons. The molecule has 1 aliphatic heterocycles. The SMILES string of the molecule is CC1(C)CSCC(CN)(NC2CCCCC2CO)C1. The van der Waals surface area contributed by atoms with Crippen LogP contribution < -0.4 is 11.1 Å². The molecule has 0 aromatic rings. The van der Waals surface area contributed by atoms with E-state index in [0.717, 1.165) is 18.6 Å². The summed E-state index contributed by atoms with van der Waals surface area (Å²) in [6.45, 7) is 5.71. The number of thioether (sulfide) groups is 1. The fourth-order valence-corrected chi connectivity index (χ4v) is 5.28. The van der Waals surface area contributed by atoms with Crippen molar-refractivity contribution in [1.82, 2.24) is 5.32 Å². The van der Waals surface area contributed by atoms with Crippen molar-refractivity contribution in [2.75, 3.05) is 24.7 Å². The second-order valence-electron chi connectivity index (χ2n) is 7.30. The molecule has 2 rings (SSSR count). The van der Waals surface area contributed by atoms with Gasteiger partial charge in [0.2, 0.25) is 0 Å². The first-order valence-corrected chi connectivity index (χ1v) is 8.82. The average Bonchev–Trinajstić information content (AvgIpc) is 2.38. The molecular weight excluding hydrogens is 256 g/mol. The highest BCUT2D eigenvalue weighted by atomic mass is 32.2. The summed E-state index contributed by atoms with van der Waals surface area (Å²) in [5, 5.41) is 13.4.